The van der Waals surface area contributed by atoms with Crippen molar-refractivity contribution in [1.82, 2.24) is 19.6 Å². The van der Waals surface area contributed by atoms with E-state index in [2.05, 4.69) is 20.5 Å². The van der Waals surface area contributed by atoms with Gasteiger partial charge in [-0.2, -0.15) is 0 Å². The van der Waals surface area contributed by atoms with E-state index in [9.17, 15) is 4.79 Å². The van der Waals surface area contributed by atoms with E-state index in [0.717, 1.165) is 11.4 Å². The number of ether oxygens (including phenoxy) is 2. The van der Waals surface area contributed by atoms with E-state index in [1.54, 1.807) is 18.2 Å². The number of nitrogens with one attached hydrogen (secondary N) is 1. The van der Waals surface area contributed by atoms with E-state index < -0.39 is 0 Å². The lowest BCUT2D eigenvalue weighted by Crippen LogP contribution is -2.14. The maximum atomic E-state index is 12.2. The van der Waals surface area contributed by atoms with Crippen molar-refractivity contribution < 1.29 is 14.3 Å². The molecule has 25 heavy (non-hydrogen) atoms. The number of hydrogen-bond acceptors (Lipinski definition) is 7. The summed E-state index contributed by atoms with van der Waals surface area (Å²) >= 11 is 1.31. The molecule has 8 nitrogen and oxygen atoms in total. The minimum atomic E-state index is -0.140. The van der Waals surface area contributed by atoms with Gasteiger partial charge < -0.3 is 14.8 Å². The average Bonchev–Trinajstić information content (AvgIpc) is 3.19. The maximum absolute atomic E-state index is 12.2. The van der Waals surface area contributed by atoms with Crippen LogP contribution in [0.2, 0.25) is 0 Å². The van der Waals surface area contributed by atoms with Crippen molar-refractivity contribution in [3.63, 3.8) is 0 Å². The molecule has 0 atom stereocenters. The van der Waals surface area contributed by atoms with Gasteiger partial charge in [-0.05, 0) is 32.0 Å². The molecule has 1 aliphatic rings. The lowest BCUT2D eigenvalue weighted by atomic mass is 10.3. The van der Waals surface area contributed by atoms with E-state index in [1.165, 1.54) is 11.8 Å². The van der Waals surface area contributed by atoms with Crippen LogP contribution in [0.5, 0.6) is 11.5 Å². The van der Waals surface area contributed by atoms with Crippen molar-refractivity contribution in [2.45, 2.75) is 19.0 Å². The fourth-order valence-electron chi connectivity index (χ4n) is 2.60. The van der Waals surface area contributed by atoms with Gasteiger partial charge >= 0.3 is 0 Å². The van der Waals surface area contributed by atoms with Gasteiger partial charge in [-0.25, -0.2) is 4.98 Å². The number of aryl methyl sites for hydroxylation is 2. The first-order chi connectivity index (χ1) is 12.1. The first-order valence-electron chi connectivity index (χ1n) is 7.62. The van der Waals surface area contributed by atoms with Crippen LogP contribution in [0, 0.1) is 13.8 Å². The molecule has 1 N–H and O–H groups in total. The van der Waals surface area contributed by atoms with Crippen LogP contribution in [0.25, 0.3) is 5.78 Å². The van der Waals surface area contributed by atoms with Crippen molar-refractivity contribution in [3.05, 3.63) is 35.7 Å². The zero-order valence-electron chi connectivity index (χ0n) is 13.6. The molecule has 0 unspecified atom stereocenters. The minimum absolute atomic E-state index is 0.140. The number of hydrogen-bond donors (Lipinski definition) is 1. The Morgan fingerprint density at radius 3 is 2.96 bits per heavy atom. The fourth-order valence-corrected chi connectivity index (χ4v) is 3.38. The Balaban J connectivity index is 1.44. The van der Waals surface area contributed by atoms with Gasteiger partial charge in [0.05, 0.1) is 5.75 Å². The van der Waals surface area contributed by atoms with Crippen molar-refractivity contribution in [3.8, 4) is 11.5 Å². The van der Waals surface area contributed by atoms with E-state index in [-0.39, 0.29) is 18.5 Å². The molecule has 0 fully saturated rings. The number of aromatic nitrogens is 4. The van der Waals surface area contributed by atoms with Crippen molar-refractivity contribution in [2.24, 2.45) is 0 Å². The van der Waals surface area contributed by atoms with Crippen LogP contribution in [0.4, 0.5) is 5.69 Å². The number of thioether (sulfide) groups is 1. The maximum Gasteiger partial charge on any atom is 0.256 e. The molecule has 9 heteroatoms. The third-order valence-corrected chi connectivity index (χ3v) is 4.58. The minimum Gasteiger partial charge on any atom is -0.454 e. The number of nitrogens with zero attached hydrogens (tertiary/aromatic N) is 4. The predicted molar refractivity (Wildman–Crippen MR) is 92.2 cm³/mol. The van der Waals surface area contributed by atoms with Crippen LogP contribution in [0.15, 0.2) is 29.4 Å². The topological polar surface area (TPSA) is 90.6 Å². The zero-order valence-corrected chi connectivity index (χ0v) is 14.5. The second-order valence-electron chi connectivity index (χ2n) is 5.56. The van der Waals surface area contributed by atoms with Gasteiger partial charge in [-0.1, -0.05) is 11.8 Å². The van der Waals surface area contributed by atoms with Gasteiger partial charge in [0.2, 0.25) is 12.7 Å². The first-order valence-corrected chi connectivity index (χ1v) is 8.60. The summed E-state index contributed by atoms with van der Waals surface area (Å²) in [6.07, 6.45) is 0. The largest absolute Gasteiger partial charge is 0.454 e. The highest BCUT2D eigenvalue weighted by molar-refractivity contribution is 7.99. The number of rotatable bonds is 4. The summed E-state index contributed by atoms with van der Waals surface area (Å²) in [6.45, 7) is 4.07. The zero-order chi connectivity index (χ0) is 17.4. The molecule has 3 aromatic rings. The van der Waals surface area contributed by atoms with E-state index in [4.69, 9.17) is 9.47 Å². The van der Waals surface area contributed by atoms with Gasteiger partial charge in [-0.15, -0.1) is 10.2 Å². The number of carbonyl (C=O) groups is 1. The van der Waals surface area contributed by atoms with E-state index >= 15 is 0 Å². The van der Waals surface area contributed by atoms with Gasteiger partial charge in [0.15, 0.2) is 16.7 Å². The van der Waals surface area contributed by atoms with Crippen molar-refractivity contribution >= 4 is 29.1 Å². The normalized spacial score (nSPS) is 12.6. The van der Waals surface area contributed by atoms with Crippen LogP contribution < -0.4 is 14.8 Å². The Hall–Kier alpha value is -2.81. The summed E-state index contributed by atoms with van der Waals surface area (Å²) in [5.41, 5.74) is 2.52. The molecule has 1 amide bonds. The Morgan fingerprint density at radius 2 is 2.08 bits per heavy atom. The van der Waals surface area contributed by atoms with Crippen LogP contribution in [-0.4, -0.2) is 38.0 Å². The number of amides is 1. The predicted octanol–water partition coefficient (Wildman–Crippen LogP) is 2.20. The molecule has 3 heterocycles. The SMILES string of the molecule is Cc1cc(C)n2c(SCC(=O)Nc3ccc4c(c3)OCO4)nnc2n1. The lowest BCUT2D eigenvalue weighted by molar-refractivity contribution is -0.113. The standard InChI is InChI=1S/C16H15N5O3S/c1-9-5-10(2)21-15(17-9)19-20-16(21)25-7-14(22)18-11-3-4-12-13(6-11)24-8-23-12/h3-6H,7-8H2,1-2H3,(H,18,22). The molecule has 0 spiro atoms. The molecule has 0 saturated carbocycles. The summed E-state index contributed by atoms with van der Waals surface area (Å²) in [4.78, 5) is 16.5. The fraction of sp³-hybridized carbons (Fsp3) is 0.250. The molecule has 1 aliphatic heterocycles. The number of carbonyl (C=O) groups excluding carboxylic acids is 1. The van der Waals surface area contributed by atoms with Gasteiger partial charge in [0, 0.05) is 23.1 Å². The second kappa shape index (κ2) is 6.25. The smallest absolute Gasteiger partial charge is 0.256 e. The third kappa shape index (κ3) is 3.10. The van der Waals surface area contributed by atoms with Crippen molar-refractivity contribution in [2.75, 3.05) is 17.9 Å². The molecular weight excluding hydrogens is 342 g/mol. The molecule has 4 rings (SSSR count). The Labute approximate surface area is 147 Å². The van der Waals surface area contributed by atoms with E-state index in [0.29, 0.717) is 28.1 Å². The van der Waals surface area contributed by atoms with Crippen LogP contribution >= 0.6 is 11.8 Å². The first kappa shape index (κ1) is 15.7. The molecule has 2 aromatic heterocycles. The molecular formula is C16H15N5O3S. The molecule has 128 valence electrons. The Morgan fingerprint density at radius 1 is 1.24 bits per heavy atom. The van der Waals surface area contributed by atoms with Crippen LogP contribution in [0.3, 0.4) is 0 Å². The Bertz CT molecular complexity index is 972. The molecule has 0 radical (unpaired) electrons. The monoisotopic (exact) mass is 357 g/mol. The quantitative estimate of drug-likeness (QED) is 0.716. The summed E-state index contributed by atoms with van der Waals surface area (Å²) < 4.78 is 12.4. The summed E-state index contributed by atoms with van der Waals surface area (Å²) in [7, 11) is 0. The highest BCUT2D eigenvalue weighted by atomic mass is 32.2. The molecule has 0 aliphatic carbocycles. The van der Waals surface area contributed by atoms with Gasteiger partial charge in [0.1, 0.15) is 0 Å². The molecule has 1 aromatic carbocycles. The summed E-state index contributed by atoms with van der Waals surface area (Å²) in [6, 6.07) is 7.25. The van der Waals surface area contributed by atoms with Gasteiger partial charge in [0.25, 0.3) is 5.78 Å². The third-order valence-electron chi connectivity index (χ3n) is 3.65. The van der Waals surface area contributed by atoms with Crippen LogP contribution in [0.1, 0.15) is 11.4 Å². The highest BCUT2D eigenvalue weighted by Gasteiger charge is 2.15. The molecule has 0 saturated heterocycles. The lowest BCUT2D eigenvalue weighted by Gasteiger charge is -2.06. The number of benzene rings is 1. The van der Waals surface area contributed by atoms with E-state index in [1.807, 2.05) is 24.3 Å². The summed E-state index contributed by atoms with van der Waals surface area (Å²) in [5, 5.41) is 11.7. The molecule has 0 bridgehead atoms. The highest BCUT2D eigenvalue weighted by Crippen LogP contribution is 2.34. The Kier molecular flexibility index (Phi) is 3.92. The van der Waals surface area contributed by atoms with Gasteiger partial charge in [-0.3, -0.25) is 9.20 Å². The van der Waals surface area contributed by atoms with Crippen molar-refractivity contribution in [1.29, 1.82) is 0 Å². The number of anilines is 1. The summed E-state index contributed by atoms with van der Waals surface area (Å²) in [5.74, 6) is 1.92. The second-order valence-corrected chi connectivity index (χ2v) is 6.50. The average molecular weight is 357 g/mol. The number of fused-ring (bicyclic) bond motifs is 2. The van der Waals surface area contributed by atoms with Crippen LogP contribution in [-0.2, 0) is 4.79 Å².